The molecule has 2 aliphatic rings. The average molecular weight is 522 g/mol. The van der Waals surface area contributed by atoms with Gasteiger partial charge >= 0.3 is 5.97 Å². The van der Waals surface area contributed by atoms with Crippen LogP contribution in [0.2, 0.25) is 0 Å². The van der Waals surface area contributed by atoms with E-state index in [9.17, 15) is 9.18 Å². The van der Waals surface area contributed by atoms with Gasteiger partial charge in [0.2, 0.25) is 6.79 Å². The second-order valence-electron chi connectivity index (χ2n) is 10.0. The largest absolute Gasteiger partial charge is 0.457 e. The van der Waals surface area contributed by atoms with Crippen LogP contribution in [0, 0.1) is 11.7 Å². The Labute approximate surface area is 219 Å². The fraction of sp³-hybridized carbons (Fsp3) is 0.536. The van der Waals surface area contributed by atoms with Crippen molar-refractivity contribution in [3.05, 3.63) is 58.9 Å². The summed E-state index contributed by atoms with van der Waals surface area (Å²) < 4.78 is 36.1. The highest BCUT2D eigenvalue weighted by Crippen LogP contribution is 2.48. The van der Waals surface area contributed by atoms with Crippen molar-refractivity contribution in [1.29, 1.82) is 0 Å². The quantitative estimate of drug-likeness (QED) is 0.403. The summed E-state index contributed by atoms with van der Waals surface area (Å²) in [6, 6.07) is 11.1. The number of benzene rings is 2. The monoisotopic (exact) mass is 521 g/mol. The molecule has 0 amide bonds. The predicted molar refractivity (Wildman–Crippen MR) is 139 cm³/mol. The number of methoxy groups -OCH3 is 1. The first-order valence-electron chi connectivity index (χ1n) is 12.4. The number of esters is 1. The van der Waals surface area contributed by atoms with Crippen molar-refractivity contribution in [3.8, 4) is 11.5 Å². The number of aryl methyl sites for hydroxylation is 1. The van der Waals surface area contributed by atoms with Crippen LogP contribution in [-0.2, 0) is 27.1 Å². The molecule has 2 aromatic rings. The minimum atomic E-state index is -0.665. The number of nitrogens with zero attached hydrogens (tertiary/aromatic N) is 1. The Morgan fingerprint density at radius 1 is 1.17 bits per heavy atom. The van der Waals surface area contributed by atoms with Crippen LogP contribution < -0.4 is 9.47 Å². The van der Waals surface area contributed by atoms with E-state index in [4.69, 9.17) is 18.9 Å². The zero-order valence-corrected chi connectivity index (χ0v) is 22.4. The van der Waals surface area contributed by atoms with E-state index >= 15 is 0 Å². The maximum absolute atomic E-state index is 14.0. The van der Waals surface area contributed by atoms with Crippen LogP contribution in [0.5, 0.6) is 11.5 Å². The SMILES string of the molecule is COCC(=O)O[C@@]1(CCN(C)CCc2ccc3c(c2)OCO3)CCc2cc(F)ccc2[C@H]1C(C)C.Cl. The zero-order valence-electron chi connectivity index (χ0n) is 21.6. The van der Waals surface area contributed by atoms with E-state index in [0.29, 0.717) is 19.3 Å². The molecule has 198 valence electrons. The molecule has 1 aliphatic heterocycles. The summed E-state index contributed by atoms with van der Waals surface area (Å²) >= 11 is 0. The Kier molecular flexibility index (Phi) is 9.61. The van der Waals surface area contributed by atoms with Gasteiger partial charge in [0.15, 0.2) is 11.5 Å². The van der Waals surface area contributed by atoms with Gasteiger partial charge in [0.05, 0.1) is 0 Å². The molecule has 0 spiro atoms. The minimum Gasteiger partial charge on any atom is -0.457 e. The zero-order chi connectivity index (χ0) is 25.0. The number of ether oxygens (including phenoxy) is 4. The standard InChI is InChI=1S/C28H36FNO5.ClH/c1-19(2)27-23-7-6-22(29)16-21(23)9-11-28(27,35-26(31)17-32-4)12-14-30(3)13-10-20-5-8-24-25(15-20)34-18-33-24;/h5-8,15-16,19,27H,9-14,17-18H2,1-4H3;1H/t27-,28-;/m1./s1. The number of fused-ring (bicyclic) bond motifs is 2. The summed E-state index contributed by atoms with van der Waals surface area (Å²) in [5, 5.41) is 0. The molecule has 0 fully saturated rings. The van der Waals surface area contributed by atoms with Crippen molar-refractivity contribution in [2.24, 2.45) is 5.92 Å². The van der Waals surface area contributed by atoms with Gasteiger partial charge in [-0.2, -0.15) is 0 Å². The lowest BCUT2D eigenvalue weighted by Gasteiger charge is -2.47. The second kappa shape index (κ2) is 12.3. The smallest absolute Gasteiger partial charge is 0.332 e. The Morgan fingerprint density at radius 3 is 2.69 bits per heavy atom. The molecule has 2 atom stereocenters. The number of likely N-dealkylation sites (N-methyl/N-ethyl adjacent to an activating group) is 1. The number of hydrogen-bond acceptors (Lipinski definition) is 6. The molecule has 0 unspecified atom stereocenters. The first-order valence-corrected chi connectivity index (χ1v) is 12.4. The maximum atomic E-state index is 14.0. The first kappa shape index (κ1) is 28.2. The summed E-state index contributed by atoms with van der Waals surface area (Å²) in [5.41, 5.74) is 2.62. The van der Waals surface area contributed by atoms with E-state index < -0.39 is 5.60 Å². The van der Waals surface area contributed by atoms with Crippen molar-refractivity contribution in [2.45, 2.75) is 51.0 Å². The fourth-order valence-electron chi connectivity index (χ4n) is 5.57. The van der Waals surface area contributed by atoms with Gasteiger partial charge in [-0.15, -0.1) is 12.4 Å². The minimum absolute atomic E-state index is 0. The van der Waals surface area contributed by atoms with Crippen LogP contribution in [0.4, 0.5) is 4.39 Å². The van der Waals surface area contributed by atoms with Crippen molar-refractivity contribution in [3.63, 3.8) is 0 Å². The van der Waals surface area contributed by atoms with Crippen molar-refractivity contribution >= 4 is 18.4 Å². The molecule has 0 radical (unpaired) electrons. The van der Waals surface area contributed by atoms with Gasteiger partial charge in [0.1, 0.15) is 18.0 Å². The molecule has 1 heterocycles. The summed E-state index contributed by atoms with van der Waals surface area (Å²) in [7, 11) is 3.59. The number of halogens is 2. The fourth-order valence-corrected chi connectivity index (χ4v) is 5.57. The summed E-state index contributed by atoms with van der Waals surface area (Å²) in [6.45, 7) is 6.11. The highest BCUT2D eigenvalue weighted by Gasteiger charge is 2.47. The Balaban J connectivity index is 0.00000361. The molecule has 0 saturated carbocycles. The van der Waals surface area contributed by atoms with Gasteiger partial charge in [-0.3, -0.25) is 0 Å². The van der Waals surface area contributed by atoms with E-state index in [-0.39, 0.29) is 49.4 Å². The topological polar surface area (TPSA) is 57.2 Å². The molecule has 0 N–H and O–H groups in total. The van der Waals surface area contributed by atoms with Crippen molar-refractivity contribution in [2.75, 3.05) is 40.6 Å². The van der Waals surface area contributed by atoms with Gasteiger partial charge in [0.25, 0.3) is 0 Å². The molecule has 0 saturated heterocycles. The van der Waals surface area contributed by atoms with E-state index in [0.717, 1.165) is 42.1 Å². The molecular formula is C28H37ClFNO5. The number of carbonyl (C=O) groups excluding carboxylic acids is 1. The van der Waals surface area contributed by atoms with Gasteiger partial charge in [-0.25, -0.2) is 9.18 Å². The molecular weight excluding hydrogens is 485 g/mol. The molecule has 0 bridgehead atoms. The third kappa shape index (κ3) is 6.31. The normalized spacial score (nSPS) is 20.2. The first-order chi connectivity index (χ1) is 16.8. The van der Waals surface area contributed by atoms with E-state index in [1.54, 1.807) is 6.07 Å². The third-order valence-electron chi connectivity index (χ3n) is 7.21. The van der Waals surface area contributed by atoms with Crippen LogP contribution in [0.1, 0.15) is 49.3 Å². The molecule has 8 heteroatoms. The predicted octanol–water partition coefficient (Wildman–Crippen LogP) is 5.16. The molecule has 0 aromatic heterocycles. The number of hydrogen-bond donors (Lipinski definition) is 0. The summed E-state index contributed by atoms with van der Waals surface area (Å²) in [6.07, 6.45) is 2.91. The highest BCUT2D eigenvalue weighted by atomic mass is 35.5. The summed E-state index contributed by atoms with van der Waals surface area (Å²) in [5.74, 6) is 1.21. The van der Waals surface area contributed by atoms with E-state index in [1.165, 1.54) is 18.7 Å². The van der Waals surface area contributed by atoms with Crippen LogP contribution >= 0.6 is 12.4 Å². The lowest BCUT2D eigenvalue weighted by atomic mass is 9.65. The Bertz CT molecular complexity index is 1050. The van der Waals surface area contributed by atoms with Crippen LogP contribution in [-0.4, -0.2) is 57.1 Å². The second-order valence-corrected chi connectivity index (χ2v) is 10.0. The highest BCUT2D eigenvalue weighted by molar-refractivity contribution is 5.85. The lowest BCUT2D eigenvalue weighted by Crippen LogP contribution is -2.49. The Morgan fingerprint density at radius 2 is 1.94 bits per heavy atom. The average Bonchev–Trinajstić information content (AvgIpc) is 3.29. The number of carbonyl (C=O) groups is 1. The van der Waals surface area contributed by atoms with Crippen molar-refractivity contribution < 1.29 is 28.1 Å². The van der Waals surface area contributed by atoms with E-state index in [1.807, 2.05) is 18.2 Å². The van der Waals surface area contributed by atoms with Crippen LogP contribution in [0.25, 0.3) is 0 Å². The molecule has 4 rings (SSSR count). The van der Waals surface area contributed by atoms with Crippen LogP contribution in [0.15, 0.2) is 36.4 Å². The third-order valence-corrected chi connectivity index (χ3v) is 7.21. The number of rotatable bonds is 10. The van der Waals surface area contributed by atoms with Gasteiger partial charge in [0, 0.05) is 32.5 Å². The van der Waals surface area contributed by atoms with E-state index in [2.05, 4.69) is 31.9 Å². The van der Waals surface area contributed by atoms with Gasteiger partial charge < -0.3 is 23.8 Å². The molecule has 2 aromatic carbocycles. The molecule has 1 aliphatic carbocycles. The van der Waals surface area contributed by atoms with Crippen LogP contribution in [0.3, 0.4) is 0 Å². The molecule has 36 heavy (non-hydrogen) atoms. The van der Waals surface area contributed by atoms with Gasteiger partial charge in [-0.05, 0) is 73.2 Å². The van der Waals surface area contributed by atoms with Gasteiger partial charge in [-0.1, -0.05) is 26.0 Å². The Hall–Kier alpha value is -2.35. The van der Waals surface area contributed by atoms with Crippen molar-refractivity contribution in [1.82, 2.24) is 4.90 Å². The lowest BCUT2D eigenvalue weighted by molar-refractivity contribution is -0.172. The molecule has 6 nitrogen and oxygen atoms in total. The summed E-state index contributed by atoms with van der Waals surface area (Å²) in [4.78, 5) is 14.9. The maximum Gasteiger partial charge on any atom is 0.332 e.